The molecule has 1 saturated heterocycles. The second-order valence-corrected chi connectivity index (χ2v) is 8.19. The van der Waals surface area contributed by atoms with E-state index in [2.05, 4.69) is 0 Å². The molecule has 2 heterocycles. The Kier molecular flexibility index (Phi) is 6.83. The lowest BCUT2D eigenvalue weighted by molar-refractivity contribution is -0.138. The highest BCUT2D eigenvalue weighted by molar-refractivity contribution is 6.02. The molecule has 0 spiro atoms. The smallest absolute Gasteiger partial charge is 0.254 e. The number of methoxy groups -OCH3 is 4. The minimum absolute atomic E-state index is 0.0732. The number of ether oxygens (including phenoxy) is 5. The molecular weight excluding hydrogens is 440 g/mol. The van der Waals surface area contributed by atoms with Gasteiger partial charge in [-0.2, -0.15) is 0 Å². The molecule has 1 fully saturated rings. The molecule has 9 nitrogen and oxygen atoms in total. The van der Waals surface area contributed by atoms with Crippen LogP contribution in [0, 0.1) is 0 Å². The molecule has 2 aromatic rings. The maximum absolute atomic E-state index is 14.0. The van der Waals surface area contributed by atoms with Crippen molar-refractivity contribution in [3.05, 3.63) is 47.0 Å². The molecule has 182 valence electrons. The zero-order valence-corrected chi connectivity index (χ0v) is 20.1. The highest BCUT2D eigenvalue weighted by Gasteiger charge is 2.45. The van der Waals surface area contributed by atoms with Gasteiger partial charge >= 0.3 is 0 Å². The number of carbonyl (C=O) groups is 2. The zero-order valence-electron chi connectivity index (χ0n) is 20.1. The molecule has 0 saturated carbocycles. The van der Waals surface area contributed by atoms with E-state index >= 15 is 0 Å². The number of nitrogens with zero attached hydrogens (tertiary/aromatic N) is 2. The summed E-state index contributed by atoms with van der Waals surface area (Å²) in [4.78, 5) is 30.9. The van der Waals surface area contributed by atoms with Crippen LogP contribution in [0.1, 0.15) is 33.4 Å². The van der Waals surface area contributed by atoms with Crippen molar-refractivity contribution in [3.63, 3.8) is 0 Å². The van der Waals surface area contributed by atoms with Gasteiger partial charge in [0.05, 0.1) is 53.6 Å². The average Bonchev–Trinajstić information content (AvgIpc) is 2.89. The van der Waals surface area contributed by atoms with Gasteiger partial charge < -0.3 is 33.5 Å². The Morgan fingerprint density at radius 1 is 0.882 bits per heavy atom. The molecule has 0 aromatic heterocycles. The van der Waals surface area contributed by atoms with Gasteiger partial charge in [0.25, 0.3) is 5.91 Å². The monoisotopic (exact) mass is 470 g/mol. The first-order valence-corrected chi connectivity index (χ1v) is 11.1. The van der Waals surface area contributed by atoms with E-state index in [-0.39, 0.29) is 11.8 Å². The predicted molar refractivity (Wildman–Crippen MR) is 124 cm³/mol. The zero-order chi connectivity index (χ0) is 24.4. The summed E-state index contributed by atoms with van der Waals surface area (Å²) < 4.78 is 27.3. The molecule has 0 unspecified atom stereocenters. The van der Waals surface area contributed by atoms with Crippen molar-refractivity contribution in [1.82, 2.24) is 9.80 Å². The van der Waals surface area contributed by atoms with Crippen LogP contribution in [-0.2, 0) is 9.53 Å². The van der Waals surface area contributed by atoms with Crippen molar-refractivity contribution < 1.29 is 33.3 Å². The maximum Gasteiger partial charge on any atom is 0.254 e. The highest BCUT2D eigenvalue weighted by Crippen LogP contribution is 2.47. The van der Waals surface area contributed by atoms with Gasteiger partial charge in [-0.3, -0.25) is 9.59 Å². The largest absolute Gasteiger partial charge is 0.493 e. The number of benzene rings is 2. The van der Waals surface area contributed by atoms with Gasteiger partial charge in [0, 0.05) is 25.7 Å². The Balaban J connectivity index is 1.91. The van der Waals surface area contributed by atoms with Gasteiger partial charge in [-0.25, -0.2) is 0 Å². The molecule has 0 radical (unpaired) electrons. The number of hydrogen-bond donors (Lipinski definition) is 0. The number of likely N-dealkylation sites (N-methyl/N-ethyl adjacent to an activating group) is 1. The lowest BCUT2D eigenvalue weighted by atomic mass is 9.78. The van der Waals surface area contributed by atoms with Gasteiger partial charge in [-0.15, -0.1) is 0 Å². The molecule has 2 aromatic carbocycles. The summed E-state index contributed by atoms with van der Waals surface area (Å²) in [6.07, 6.45) is 0. The molecule has 0 N–H and O–H groups in total. The minimum atomic E-state index is -0.659. The van der Waals surface area contributed by atoms with E-state index in [9.17, 15) is 9.59 Å². The number of carbonyl (C=O) groups excluding carboxylic acids is 2. The lowest BCUT2D eigenvalue weighted by Gasteiger charge is -2.42. The Morgan fingerprint density at radius 3 is 2.09 bits per heavy atom. The van der Waals surface area contributed by atoms with Crippen LogP contribution in [0.15, 0.2) is 30.3 Å². The summed E-state index contributed by atoms with van der Waals surface area (Å²) in [5.74, 6) is 1.05. The first kappa shape index (κ1) is 23.7. The van der Waals surface area contributed by atoms with Crippen LogP contribution < -0.4 is 18.9 Å². The third-order valence-corrected chi connectivity index (χ3v) is 6.51. The molecule has 2 atom stereocenters. The third kappa shape index (κ3) is 4.00. The van der Waals surface area contributed by atoms with Crippen LogP contribution in [0.25, 0.3) is 0 Å². The van der Waals surface area contributed by atoms with E-state index in [0.717, 1.165) is 5.56 Å². The van der Waals surface area contributed by atoms with Gasteiger partial charge in [0.2, 0.25) is 5.91 Å². The summed E-state index contributed by atoms with van der Waals surface area (Å²) in [5.41, 5.74) is 1.79. The number of morpholine rings is 1. The standard InChI is InChI=1S/C25H30N2O7/c1-26-23(15-6-7-18(30-2)19(12-15)31-3)22(25(29)27-8-10-34-11-9-27)16-13-20(32-4)21(33-5)14-17(16)24(26)28/h6-7,12-14,22-23H,8-11H2,1-5H3/t22-,23+/m1/s1. The Labute approximate surface area is 199 Å². The SMILES string of the molecule is COc1ccc([C@H]2[C@H](C(=O)N3CCOCC3)c3cc(OC)c(OC)cc3C(=O)N2C)cc1OC. The first-order valence-electron chi connectivity index (χ1n) is 11.1. The van der Waals surface area contributed by atoms with E-state index in [1.807, 2.05) is 12.1 Å². The third-order valence-electron chi connectivity index (χ3n) is 6.51. The second-order valence-electron chi connectivity index (χ2n) is 8.19. The Bertz CT molecular complexity index is 1080. The summed E-state index contributed by atoms with van der Waals surface area (Å²) >= 11 is 0. The number of fused-ring (bicyclic) bond motifs is 1. The van der Waals surface area contributed by atoms with Gasteiger partial charge in [0.1, 0.15) is 0 Å². The van der Waals surface area contributed by atoms with Crippen LogP contribution in [0.5, 0.6) is 23.0 Å². The molecule has 2 amide bonds. The van der Waals surface area contributed by atoms with Crippen molar-refractivity contribution in [3.8, 4) is 23.0 Å². The molecule has 34 heavy (non-hydrogen) atoms. The quantitative estimate of drug-likeness (QED) is 0.641. The second kappa shape index (κ2) is 9.80. The maximum atomic E-state index is 14.0. The summed E-state index contributed by atoms with van der Waals surface area (Å²) in [6, 6.07) is 8.30. The van der Waals surface area contributed by atoms with E-state index < -0.39 is 12.0 Å². The van der Waals surface area contributed by atoms with Crippen molar-refractivity contribution in [2.24, 2.45) is 0 Å². The topological polar surface area (TPSA) is 86.8 Å². The van der Waals surface area contributed by atoms with E-state index in [1.54, 1.807) is 49.3 Å². The molecule has 0 bridgehead atoms. The predicted octanol–water partition coefficient (Wildman–Crippen LogP) is 2.49. The van der Waals surface area contributed by atoms with Crippen molar-refractivity contribution in [1.29, 1.82) is 0 Å². The van der Waals surface area contributed by atoms with Crippen molar-refractivity contribution in [2.45, 2.75) is 12.0 Å². The van der Waals surface area contributed by atoms with Gasteiger partial charge in [-0.1, -0.05) is 6.07 Å². The van der Waals surface area contributed by atoms with Crippen molar-refractivity contribution in [2.75, 3.05) is 61.8 Å². The molecule has 0 aliphatic carbocycles. The van der Waals surface area contributed by atoms with E-state index in [4.69, 9.17) is 23.7 Å². The fourth-order valence-electron chi connectivity index (χ4n) is 4.75. The normalized spacial score (nSPS) is 20.0. The number of amides is 2. The molecule has 4 rings (SSSR count). The van der Waals surface area contributed by atoms with Crippen molar-refractivity contribution >= 4 is 11.8 Å². The summed E-state index contributed by atoms with van der Waals surface area (Å²) in [5, 5.41) is 0. The van der Waals surface area contributed by atoms with E-state index in [1.165, 1.54) is 14.2 Å². The minimum Gasteiger partial charge on any atom is -0.493 e. The number of rotatable bonds is 6. The average molecular weight is 471 g/mol. The fraction of sp³-hybridized carbons (Fsp3) is 0.440. The van der Waals surface area contributed by atoms with Gasteiger partial charge in [0.15, 0.2) is 23.0 Å². The Hall–Kier alpha value is -3.46. The Morgan fingerprint density at radius 2 is 1.47 bits per heavy atom. The lowest BCUT2D eigenvalue weighted by Crippen LogP contribution is -2.49. The highest BCUT2D eigenvalue weighted by atomic mass is 16.5. The van der Waals surface area contributed by atoms with Crippen LogP contribution in [0.3, 0.4) is 0 Å². The van der Waals surface area contributed by atoms with Crippen LogP contribution in [0.4, 0.5) is 0 Å². The van der Waals surface area contributed by atoms with Crippen LogP contribution in [-0.4, -0.2) is 83.4 Å². The van der Waals surface area contributed by atoms with Gasteiger partial charge in [-0.05, 0) is 35.4 Å². The van der Waals surface area contributed by atoms with Crippen LogP contribution >= 0.6 is 0 Å². The molecule has 2 aliphatic rings. The fourth-order valence-corrected chi connectivity index (χ4v) is 4.75. The molecular formula is C25H30N2O7. The molecule has 9 heteroatoms. The summed E-state index contributed by atoms with van der Waals surface area (Å²) in [6.45, 7) is 1.95. The summed E-state index contributed by atoms with van der Waals surface area (Å²) in [7, 11) is 7.88. The van der Waals surface area contributed by atoms with Crippen LogP contribution in [0.2, 0.25) is 0 Å². The number of hydrogen-bond acceptors (Lipinski definition) is 7. The first-order chi connectivity index (χ1) is 16.4. The molecule has 2 aliphatic heterocycles. The van der Waals surface area contributed by atoms with E-state index in [0.29, 0.717) is 60.4 Å².